The highest BCUT2D eigenvalue weighted by Gasteiger charge is 2.20. The molecule has 0 atom stereocenters. The van der Waals surface area contributed by atoms with Gasteiger partial charge in [-0.25, -0.2) is 14.4 Å². The lowest BCUT2D eigenvalue weighted by Crippen LogP contribution is -2.25. The van der Waals surface area contributed by atoms with Gasteiger partial charge >= 0.3 is 0 Å². The van der Waals surface area contributed by atoms with E-state index in [1.807, 2.05) is 43.3 Å². The molecule has 0 fully saturated rings. The highest BCUT2D eigenvalue weighted by Crippen LogP contribution is 2.27. The summed E-state index contributed by atoms with van der Waals surface area (Å²) in [6, 6.07) is 18.1. The van der Waals surface area contributed by atoms with Gasteiger partial charge in [0.25, 0.3) is 5.56 Å². The van der Waals surface area contributed by atoms with Crippen molar-refractivity contribution in [3.05, 3.63) is 112 Å². The lowest BCUT2D eigenvalue weighted by Gasteiger charge is -2.19. The Morgan fingerprint density at radius 3 is 2.69 bits per heavy atom. The monoisotopic (exact) mass is 524 g/mol. The SMILES string of the molecule is COc1ccccc1-n1c(CNc2ncnc(N)c2C(=N)c2cc(O)cc(F)c2)cc2cccc(C)c2c1=O. The van der Waals surface area contributed by atoms with Crippen LogP contribution in [-0.4, -0.2) is 32.5 Å². The van der Waals surface area contributed by atoms with Crippen LogP contribution < -0.4 is 21.3 Å². The second kappa shape index (κ2) is 10.3. The van der Waals surface area contributed by atoms with E-state index in [-0.39, 0.29) is 46.3 Å². The molecule has 5 aromatic rings. The molecule has 0 saturated heterocycles. The average Bonchev–Trinajstić information content (AvgIpc) is 2.91. The van der Waals surface area contributed by atoms with E-state index in [0.717, 1.165) is 23.1 Å². The van der Waals surface area contributed by atoms with Gasteiger partial charge in [-0.3, -0.25) is 14.8 Å². The van der Waals surface area contributed by atoms with Crippen LogP contribution in [0.25, 0.3) is 16.5 Å². The van der Waals surface area contributed by atoms with Crippen LogP contribution in [0.4, 0.5) is 16.0 Å². The Bertz CT molecular complexity index is 1780. The van der Waals surface area contributed by atoms with Crippen molar-refractivity contribution < 1.29 is 14.2 Å². The second-order valence-corrected chi connectivity index (χ2v) is 8.90. The average molecular weight is 525 g/mol. The van der Waals surface area contributed by atoms with Gasteiger partial charge in [0.15, 0.2) is 0 Å². The molecular weight excluding hydrogens is 499 g/mol. The number of rotatable bonds is 7. The molecule has 0 bridgehead atoms. The van der Waals surface area contributed by atoms with E-state index in [0.29, 0.717) is 22.5 Å². The Morgan fingerprint density at radius 2 is 1.92 bits per heavy atom. The number of nitrogens with one attached hydrogen (secondary N) is 2. The molecule has 0 aliphatic carbocycles. The molecule has 2 aromatic heterocycles. The molecule has 0 saturated carbocycles. The summed E-state index contributed by atoms with van der Waals surface area (Å²) in [6.45, 7) is 2.00. The van der Waals surface area contributed by atoms with E-state index < -0.39 is 5.82 Å². The number of hydrogen-bond acceptors (Lipinski definition) is 8. The molecule has 0 spiro atoms. The predicted octanol–water partition coefficient (Wildman–Crippen LogP) is 4.55. The van der Waals surface area contributed by atoms with Crippen LogP contribution in [0, 0.1) is 18.2 Å². The van der Waals surface area contributed by atoms with Gasteiger partial charge in [-0.1, -0.05) is 30.3 Å². The molecule has 39 heavy (non-hydrogen) atoms. The van der Waals surface area contributed by atoms with E-state index in [1.54, 1.807) is 23.8 Å². The van der Waals surface area contributed by atoms with Gasteiger partial charge in [0.05, 0.1) is 36.0 Å². The third kappa shape index (κ3) is 4.75. The number of phenols is 1. The normalized spacial score (nSPS) is 10.9. The summed E-state index contributed by atoms with van der Waals surface area (Å²) in [6.07, 6.45) is 1.24. The first-order valence-electron chi connectivity index (χ1n) is 12.0. The number of fused-ring (bicyclic) bond motifs is 1. The number of nitrogens with two attached hydrogens (primary N) is 1. The maximum absolute atomic E-state index is 14.0. The van der Waals surface area contributed by atoms with Crippen molar-refractivity contribution >= 4 is 28.1 Å². The van der Waals surface area contributed by atoms with E-state index in [1.165, 1.54) is 12.4 Å². The van der Waals surface area contributed by atoms with Crippen molar-refractivity contribution in [1.82, 2.24) is 14.5 Å². The van der Waals surface area contributed by atoms with Crippen LogP contribution in [0.1, 0.15) is 22.4 Å². The quantitative estimate of drug-likeness (QED) is 0.229. The number of aryl methyl sites for hydroxylation is 1. The molecule has 5 rings (SSSR count). The van der Waals surface area contributed by atoms with Gasteiger partial charge in [-0.15, -0.1) is 0 Å². The fraction of sp³-hybridized carbons (Fsp3) is 0.103. The Kier molecular flexibility index (Phi) is 6.68. The molecule has 0 aliphatic rings. The zero-order valence-corrected chi connectivity index (χ0v) is 21.2. The van der Waals surface area contributed by atoms with Gasteiger partial charge in [0, 0.05) is 17.3 Å². The van der Waals surface area contributed by atoms with Gasteiger partial charge in [-0.05, 0) is 48.2 Å². The summed E-state index contributed by atoms with van der Waals surface area (Å²) >= 11 is 0. The molecular formula is C29H25FN6O3. The van der Waals surface area contributed by atoms with Crippen molar-refractivity contribution in [2.24, 2.45) is 0 Å². The highest BCUT2D eigenvalue weighted by molar-refractivity contribution is 6.16. The molecule has 0 unspecified atom stereocenters. The van der Waals surface area contributed by atoms with E-state index in [9.17, 15) is 14.3 Å². The molecule has 5 N–H and O–H groups in total. The number of halogens is 1. The first-order valence-corrected chi connectivity index (χ1v) is 12.0. The predicted molar refractivity (Wildman–Crippen MR) is 149 cm³/mol. The molecule has 2 heterocycles. The minimum atomic E-state index is -0.702. The lowest BCUT2D eigenvalue weighted by atomic mass is 10.0. The van der Waals surface area contributed by atoms with Crippen LogP contribution in [0.2, 0.25) is 0 Å². The van der Waals surface area contributed by atoms with Gasteiger partial charge in [0.1, 0.15) is 35.3 Å². The molecule has 9 nitrogen and oxygen atoms in total. The number of phenolic OH excluding ortho intramolecular Hbond substituents is 1. The third-order valence-electron chi connectivity index (χ3n) is 6.39. The fourth-order valence-electron chi connectivity index (χ4n) is 4.61. The standard InChI is InChI=1S/C29H25FN6O3/c1-16-6-5-7-17-11-20(36(29(38)24(16)17)22-8-3-4-9-23(22)39-2)14-33-28-25(27(32)34-15-35-28)26(31)18-10-19(30)13-21(37)12-18/h3-13,15,31,37H,14H2,1-2H3,(H3,32,33,34,35). The number of para-hydroxylation sites is 2. The third-order valence-corrected chi connectivity index (χ3v) is 6.39. The zero-order chi connectivity index (χ0) is 27.7. The Hall–Kier alpha value is -5.25. The fourth-order valence-corrected chi connectivity index (χ4v) is 4.61. The van der Waals surface area contributed by atoms with Crippen LogP contribution in [0.5, 0.6) is 11.5 Å². The molecule has 196 valence electrons. The minimum absolute atomic E-state index is 0.00231. The summed E-state index contributed by atoms with van der Waals surface area (Å²) < 4.78 is 21.1. The van der Waals surface area contributed by atoms with Crippen molar-refractivity contribution in [1.29, 1.82) is 5.41 Å². The first kappa shape index (κ1) is 25.4. The summed E-state index contributed by atoms with van der Waals surface area (Å²) in [4.78, 5) is 22.1. The Morgan fingerprint density at radius 1 is 1.13 bits per heavy atom. The van der Waals surface area contributed by atoms with Gasteiger partial charge in [0.2, 0.25) is 0 Å². The smallest absolute Gasteiger partial charge is 0.263 e. The number of pyridine rings is 1. The highest BCUT2D eigenvalue weighted by atomic mass is 19.1. The van der Waals surface area contributed by atoms with E-state index >= 15 is 0 Å². The minimum Gasteiger partial charge on any atom is -0.508 e. The first-order chi connectivity index (χ1) is 18.8. The van der Waals surface area contributed by atoms with Crippen LogP contribution in [0.3, 0.4) is 0 Å². The van der Waals surface area contributed by atoms with Gasteiger partial charge < -0.3 is 20.9 Å². The number of aromatic nitrogens is 3. The van der Waals surface area contributed by atoms with Crippen LogP contribution >= 0.6 is 0 Å². The molecule has 10 heteroatoms. The van der Waals surface area contributed by atoms with Crippen LogP contribution in [0.15, 0.2) is 77.9 Å². The number of benzene rings is 3. The number of nitrogen functional groups attached to an aromatic ring is 1. The van der Waals surface area contributed by atoms with Crippen molar-refractivity contribution in [3.8, 4) is 17.2 Å². The maximum atomic E-state index is 14.0. The zero-order valence-electron chi connectivity index (χ0n) is 21.2. The second-order valence-electron chi connectivity index (χ2n) is 8.90. The number of methoxy groups -OCH3 is 1. The van der Waals surface area contributed by atoms with E-state index in [2.05, 4.69) is 15.3 Å². The lowest BCUT2D eigenvalue weighted by molar-refractivity contribution is 0.412. The van der Waals surface area contributed by atoms with E-state index in [4.69, 9.17) is 15.9 Å². The summed E-state index contributed by atoms with van der Waals surface area (Å²) in [7, 11) is 1.54. The molecule has 0 aliphatic heterocycles. The summed E-state index contributed by atoms with van der Waals surface area (Å²) in [5.41, 5.74) is 7.97. The Balaban J connectivity index is 1.62. The van der Waals surface area contributed by atoms with Crippen molar-refractivity contribution in [3.63, 3.8) is 0 Å². The molecule has 3 aromatic carbocycles. The van der Waals surface area contributed by atoms with Crippen molar-refractivity contribution in [2.75, 3.05) is 18.2 Å². The number of hydrogen-bond donors (Lipinski definition) is 4. The Labute approximate surface area is 222 Å². The molecule has 0 radical (unpaired) electrons. The topological polar surface area (TPSA) is 139 Å². The number of aromatic hydroxyl groups is 1. The number of anilines is 2. The largest absolute Gasteiger partial charge is 0.508 e. The van der Waals surface area contributed by atoms with Crippen LogP contribution in [-0.2, 0) is 6.54 Å². The number of ether oxygens (including phenoxy) is 1. The summed E-state index contributed by atoms with van der Waals surface area (Å²) in [5, 5.41) is 23.0. The van der Waals surface area contributed by atoms with Gasteiger partial charge in [-0.2, -0.15) is 0 Å². The number of nitrogens with zero attached hydrogens (tertiary/aromatic N) is 3. The maximum Gasteiger partial charge on any atom is 0.263 e. The summed E-state index contributed by atoms with van der Waals surface area (Å²) in [5.74, 6) is -0.301. The molecule has 0 amide bonds. The van der Waals surface area contributed by atoms with Crippen molar-refractivity contribution in [2.45, 2.75) is 13.5 Å².